The monoisotopic (exact) mass is 503 g/mol. The normalized spacial score (nSPS) is 16.6. The van der Waals surface area contributed by atoms with Crippen LogP contribution in [-0.2, 0) is 10.8 Å². The first-order chi connectivity index (χ1) is 18.9. The zero-order valence-electron chi connectivity index (χ0n) is 22.7. The molecule has 5 aromatic carbocycles. The summed E-state index contributed by atoms with van der Waals surface area (Å²) in [6.45, 7) is 9.12. The van der Waals surface area contributed by atoms with Crippen molar-refractivity contribution in [1.29, 1.82) is 0 Å². The Bertz CT molecular complexity index is 1840. The van der Waals surface area contributed by atoms with Crippen LogP contribution in [0.15, 0.2) is 103 Å². The number of fused-ring (bicyclic) bond motifs is 10. The van der Waals surface area contributed by atoms with E-state index < -0.39 is 5.41 Å². The van der Waals surface area contributed by atoms with Crippen molar-refractivity contribution in [2.45, 2.75) is 38.5 Å². The van der Waals surface area contributed by atoms with Gasteiger partial charge in [0.15, 0.2) is 5.78 Å². The Balaban J connectivity index is 1.64. The molecule has 1 aliphatic carbocycles. The van der Waals surface area contributed by atoms with E-state index in [1.54, 1.807) is 0 Å². The predicted molar refractivity (Wildman–Crippen MR) is 158 cm³/mol. The maximum absolute atomic E-state index is 13.9. The molecule has 3 aliphatic rings. The summed E-state index contributed by atoms with van der Waals surface area (Å²) in [4.78, 5) is 16.4. The van der Waals surface area contributed by atoms with Crippen molar-refractivity contribution in [3.63, 3.8) is 0 Å². The second-order valence-corrected chi connectivity index (χ2v) is 11.8. The number of hydrogen-bond donors (Lipinski definition) is 0. The van der Waals surface area contributed by atoms with E-state index in [9.17, 15) is 4.79 Å². The average molecular weight is 504 g/mol. The Morgan fingerprint density at radius 2 is 1.18 bits per heavy atom. The lowest BCUT2D eigenvalue weighted by Gasteiger charge is -2.53. The van der Waals surface area contributed by atoms with Crippen molar-refractivity contribution in [2.24, 2.45) is 0 Å². The van der Waals surface area contributed by atoms with Crippen LogP contribution in [0.25, 0.3) is 0 Å². The molecule has 0 N–H and O–H groups in total. The minimum atomic E-state index is -0.610. The molecule has 0 aromatic heterocycles. The van der Waals surface area contributed by atoms with Crippen molar-refractivity contribution in [3.8, 4) is 0 Å². The average Bonchev–Trinajstić information content (AvgIpc) is 2.95. The fourth-order valence-corrected chi connectivity index (χ4v) is 7.76. The third-order valence-corrected chi connectivity index (χ3v) is 9.43. The molecule has 8 rings (SSSR count). The van der Waals surface area contributed by atoms with Gasteiger partial charge in [-0.25, -0.2) is 0 Å². The summed E-state index contributed by atoms with van der Waals surface area (Å²) < 4.78 is 0. The molecule has 188 valence electrons. The molecule has 39 heavy (non-hydrogen) atoms. The van der Waals surface area contributed by atoms with Crippen LogP contribution in [0.3, 0.4) is 0 Å². The van der Waals surface area contributed by atoms with E-state index in [0.29, 0.717) is 0 Å². The molecule has 2 heterocycles. The van der Waals surface area contributed by atoms with Gasteiger partial charge in [0, 0.05) is 16.5 Å². The number of benzene rings is 5. The quantitative estimate of drug-likeness (QED) is 0.206. The van der Waals surface area contributed by atoms with Crippen molar-refractivity contribution in [3.05, 3.63) is 159 Å². The van der Waals surface area contributed by atoms with E-state index in [1.165, 1.54) is 50.4 Å². The highest BCUT2D eigenvalue weighted by molar-refractivity contribution is 6.15. The van der Waals surface area contributed by atoms with E-state index in [4.69, 9.17) is 0 Å². The minimum absolute atomic E-state index is 0.107. The topological polar surface area (TPSA) is 20.3 Å². The second kappa shape index (κ2) is 7.36. The predicted octanol–water partition coefficient (Wildman–Crippen LogP) is 8.65. The molecule has 0 bridgehead atoms. The van der Waals surface area contributed by atoms with Crippen molar-refractivity contribution < 1.29 is 4.79 Å². The van der Waals surface area contributed by atoms with Gasteiger partial charge < -0.3 is 4.90 Å². The number of rotatable bonds is 0. The summed E-state index contributed by atoms with van der Waals surface area (Å²) in [5, 5.41) is 0. The minimum Gasteiger partial charge on any atom is -0.309 e. The molecule has 1 spiro atoms. The zero-order chi connectivity index (χ0) is 26.7. The smallest absolute Gasteiger partial charge is 0.193 e. The fraction of sp³-hybridized carbons (Fsp3) is 0.162. The molecule has 0 fully saturated rings. The lowest BCUT2D eigenvalue weighted by atomic mass is 9.55. The van der Waals surface area contributed by atoms with E-state index in [-0.39, 0.29) is 11.2 Å². The Hall–Kier alpha value is -4.43. The van der Waals surface area contributed by atoms with Gasteiger partial charge in [-0.3, -0.25) is 4.79 Å². The molecule has 0 amide bonds. The molecule has 0 saturated carbocycles. The molecule has 5 aromatic rings. The molecular weight excluding hydrogens is 474 g/mol. The van der Waals surface area contributed by atoms with Gasteiger partial charge in [-0.2, -0.15) is 0 Å². The number of para-hydroxylation sites is 1. The van der Waals surface area contributed by atoms with Crippen LogP contribution < -0.4 is 4.90 Å². The highest BCUT2D eigenvalue weighted by Gasteiger charge is 2.54. The lowest BCUT2D eigenvalue weighted by molar-refractivity contribution is 0.103. The molecule has 2 aliphatic heterocycles. The molecule has 2 heteroatoms. The molecular formula is C37H29NO. The summed E-state index contributed by atoms with van der Waals surface area (Å²) in [6, 6.07) is 36.9. The summed E-state index contributed by atoms with van der Waals surface area (Å²) in [5.74, 6) is 0.107. The number of ketones is 1. The zero-order valence-corrected chi connectivity index (χ0v) is 22.7. The van der Waals surface area contributed by atoms with Crippen LogP contribution >= 0.6 is 0 Å². The summed E-state index contributed by atoms with van der Waals surface area (Å²) in [5.41, 5.74) is 14.3. The maximum atomic E-state index is 13.9. The van der Waals surface area contributed by atoms with Gasteiger partial charge in [-0.1, -0.05) is 105 Å². The van der Waals surface area contributed by atoms with Crippen molar-refractivity contribution in [2.75, 3.05) is 4.90 Å². The van der Waals surface area contributed by atoms with Crippen molar-refractivity contribution >= 4 is 22.8 Å². The number of anilines is 3. The Morgan fingerprint density at radius 3 is 1.87 bits per heavy atom. The highest BCUT2D eigenvalue weighted by atomic mass is 16.1. The number of carbonyl (C=O) groups excluding carboxylic acids is 1. The van der Waals surface area contributed by atoms with Gasteiger partial charge in [0.2, 0.25) is 0 Å². The van der Waals surface area contributed by atoms with Crippen LogP contribution in [0.4, 0.5) is 17.1 Å². The Kier molecular flexibility index (Phi) is 4.25. The first-order valence-electron chi connectivity index (χ1n) is 13.8. The van der Waals surface area contributed by atoms with Gasteiger partial charge in [-0.15, -0.1) is 0 Å². The van der Waals surface area contributed by atoms with Gasteiger partial charge in [0.25, 0.3) is 0 Å². The molecule has 0 atom stereocenters. The number of carbonyl (C=O) groups is 1. The third kappa shape index (κ3) is 2.55. The van der Waals surface area contributed by atoms with E-state index in [2.05, 4.69) is 111 Å². The second-order valence-electron chi connectivity index (χ2n) is 11.8. The molecule has 0 radical (unpaired) electrons. The lowest BCUT2D eigenvalue weighted by Crippen LogP contribution is -2.45. The first-order valence-corrected chi connectivity index (χ1v) is 13.8. The van der Waals surface area contributed by atoms with E-state index in [1.807, 2.05) is 24.3 Å². The molecule has 2 nitrogen and oxygen atoms in total. The van der Waals surface area contributed by atoms with E-state index >= 15 is 0 Å². The SMILES string of the molecule is Cc1ccc2c(c1)N1c3ccccc3C3(c4ccccc4C(=O)c4ccccc43)c3c(C)ccc(c31)C2(C)C. The van der Waals surface area contributed by atoms with Crippen LogP contribution in [-0.4, -0.2) is 5.78 Å². The van der Waals surface area contributed by atoms with Gasteiger partial charge >= 0.3 is 0 Å². The van der Waals surface area contributed by atoms with Gasteiger partial charge in [0.05, 0.1) is 22.5 Å². The van der Waals surface area contributed by atoms with Crippen LogP contribution in [0.5, 0.6) is 0 Å². The standard InChI is InChI=1S/C37H29NO/c1-22-17-19-28-32(21-22)38-31-16-10-9-15-29(31)37(33-23(2)18-20-30(34(33)38)36(28,3)4)26-13-7-5-11-24(26)35(39)25-12-6-8-14-27(25)37/h5-21H,1-4H3. The third-order valence-electron chi connectivity index (χ3n) is 9.43. The van der Waals surface area contributed by atoms with E-state index in [0.717, 1.165) is 22.3 Å². The summed E-state index contributed by atoms with van der Waals surface area (Å²) in [6.07, 6.45) is 0. The summed E-state index contributed by atoms with van der Waals surface area (Å²) in [7, 11) is 0. The van der Waals surface area contributed by atoms with Crippen LogP contribution in [0.2, 0.25) is 0 Å². The number of nitrogens with zero attached hydrogens (tertiary/aromatic N) is 1. The fourth-order valence-electron chi connectivity index (χ4n) is 7.76. The van der Waals surface area contributed by atoms with Gasteiger partial charge in [-0.05, 0) is 70.5 Å². The Morgan fingerprint density at radius 1 is 0.590 bits per heavy atom. The Labute approximate surface area is 229 Å². The molecule has 0 unspecified atom stereocenters. The maximum Gasteiger partial charge on any atom is 0.193 e. The molecule has 0 saturated heterocycles. The summed E-state index contributed by atoms with van der Waals surface area (Å²) >= 11 is 0. The first kappa shape index (κ1) is 22.5. The van der Waals surface area contributed by atoms with Crippen molar-refractivity contribution in [1.82, 2.24) is 0 Å². The van der Waals surface area contributed by atoms with Gasteiger partial charge in [0.1, 0.15) is 0 Å². The largest absolute Gasteiger partial charge is 0.309 e. The number of hydrogen-bond acceptors (Lipinski definition) is 2. The van der Waals surface area contributed by atoms with Crippen LogP contribution in [0, 0.1) is 13.8 Å². The number of aryl methyl sites for hydroxylation is 2. The highest BCUT2D eigenvalue weighted by Crippen LogP contribution is 2.65. The van der Waals surface area contributed by atoms with Crippen LogP contribution in [0.1, 0.15) is 74.3 Å².